The number of amides is 2. The summed E-state index contributed by atoms with van der Waals surface area (Å²) in [6.07, 6.45) is 3.53. The third-order valence-corrected chi connectivity index (χ3v) is 4.10. The van der Waals surface area contributed by atoms with E-state index >= 15 is 0 Å². The third-order valence-electron chi connectivity index (χ3n) is 4.10. The van der Waals surface area contributed by atoms with Crippen molar-refractivity contribution < 1.29 is 19.0 Å². The molecule has 0 fully saturated rings. The van der Waals surface area contributed by atoms with Crippen LogP contribution in [0.3, 0.4) is 0 Å². The predicted octanol–water partition coefficient (Wildman–Crippen LogP) is 3.22. The molecule has 0 saturated carbocycles. The number of benzene rings is 2. The Morgan fingerprint density at radius 2 is 1.86 bits per heavy atom. The van der Waals surface area contributed by atoms with Gasteiger partial charge in [-0.1, -0.05) is 6.07 Å². The zero-order valence-electron chi connectivity index (χ0n) is 15.9. The van der Waals surface area contributed by atoms with Gasteiger partial charge in [-0.05, 0) is 36.4 Å². The molecule has 2 aromatic carbocycles. The van der Waals surface area contributed by atoms with Crippen LogP contribution in [-0.2, 0) is 6.54 Å². The summed E-state index contributed by atoms with van der Waals surface area (Å²) in [5.41, 5.74) is 2.27. The van der Waals surface area contributed by atoms with Gasteiger partial charge >= 0.3 is 6.03 Å². The standard InChI is InChI=1S/C20H22N4O4/c1-26-17-9-8-14(18(27-2)19(17)28-3)13-21-20(25)23-15-6-4-7-16(12-15)24-11-5-10-22-24/h4-12H,13H2,1-3H3,(H2,21,23,25). The number of urea groups is 1. The normalized spacial score (nSPS) is 10.2. The van der Waals surface area contributed by atoms with E-state index in [9.17, 15) is 4.79 Å². The quantitative estimate of drug-likeness (QED) is 0.655. The molecular formula is C20H22N4O4. The van der Waals surface area contributed by atoms with Crippen molar-refractivity contribution in [2.75, 3.05) is 26.6 Å². The minimum absolute atomic E-state index is 0.258. The maximum atomic E-state index is 12.3. The van der Waals surface area contributed by atoms with Crippen molar-refractivity contribution in [1.29, 1.82) is 0 Å². The Hall–Kier alpha value is -3.68. The number of ether oxygens (including phenoxy) is 3. The number of hydrogen-bond acceptors (Lipinski definition) is 5. The topological polar surface area (TPSA) is 86.6 Å². The summed E-state index contributed by atoms with van der Waals surface area (Å²) in [7, 11) is 4.64. The number of anilines is 1. The lowest BCUT2D eigenvalue weighted by atomic mass is 10.1. The van der Waals surface area contributed by atoms with Crippen LogP contribution in [0.4, 0.5) is 10.5 Å². The van der Waals surface area contributed by atoms with E-state index in [-0.39, 0.29) is 12.6 Å². The van der Waals surface area contributed by atoms with Gasteiger partial charge in [0.2, 0.25) is 5.75 Å². The molecule has 146 valence electrons. The van der Waals surface area contributed by atoms with E-state index < -0.39 is 0 Å². The van der Waals surface area contributed by atoms with Gasteiger partial charge in [-0.3, -0.25) is 0 Å². The Bertz CT molecular complexity index is 941. The first-order chi connectivity index (χ1) is 13.7. The molecule has 1 heterocycles. The van der Waals surface area contributed by atoms with Gasteiger partial charge in [-0.25, -0.2) is 9.48 Å². The van der Waals surface area contributed by atoms with Gasteiger partial charge in [-0.15, -0.1) is 0 Å². The predicted molar refractivity (Wildman–Crippen MR) is 106 cm³/mol. The zero-order chi connectivity index (χ0) is 19.9. The second kappa shape index (κ2) is 8.81. The smallest absolute Gasteiger partial charge is 0.319 e. The fraction of sp³-hybridized carbons (Fsp3) is 0.200. The summed E-state index contributed by atoms with van der Waals surface area (Å²) in [6, 6.07) is 12.5. The molecule has 2 N–H and O–H groups in total. The first-order valence-electron chi connectivity index (χ1n) is 8.59. The van der Waals surface area contributed by atoms with Gasteiger partial charge in [0.25, 0.3) is 0 Å². The highest BCUT2D eigenvalue weighted by molar-refractivity contribution is 5.89. The van der Waals surface area contributed by atoms with E-state index in [1.54, 1.807) is 31.2 Å². The molecule has 0 atom stereocenters. The number of methoxy groups -OCH3 is 3. The lowest BCUT2D eigenvalue weighted by Crippen LogP contribution is -2.28. The molecule has 28 heavy (non-hydrogen) atoms. The molecular weight excluding hydrogens is 360 g/mol. The van der Waals surface area contributed by atoms with Crippen molar-refractivity contribution in [3.63, 3.8) is 0 Å². The SMILES string of the molecule is COc1ccc(CNC(=O)Nc2cccc(-n3cccn3)c2)c(OC)c1OC. The summed E-state index contributed by atoms with van der Waals surface area (Å²) in [6.45, 7) is 0.258. The van der Waals surface area contributed by atoms with Crippen molar-refractivity contribution in [3.05, 3.63) is 60.4 Å². The number of carbonyl (C=O) groups is 1. The third kappa shape index (κ3) is 4.17. The molecule has 3 aromatic rings. The number of hydrogen-bond donors (Lipinski definition) is 2. The highest BCUT2D eigenvalue weighted by Crippen LogP contribution is 2.39. The summed E-state index contributed by atoms with van der Waals surface area (Å²) in [5, 5.41) is 9.82. The monoisotopic (exact) mass is 382 g/mol. The van der Waals surface area contributed by atoms with E-state index in [0.29, 0.717) is 22.9 Å². The lowest BCUT2D eigenvalue weighted by Gasteiger charge is -2.16. The number of nitrogens with one attached hydrogen (secondary N) is 2. The Morgan fingerprint density at radius 3 is 2.54 bits per heavy atom. The van der Waals surface area contributed by atoms with Crippen molar-refractivity contribution in [2.24, 2.45) is 0 Å². The fourth-order valence-electron chi connectivity index (χ4n) is 2.80. The van der Waals surface area contributed by atoms with E-state index in [2.05, 4.69) is 15.7 Å². The van der Waals surface area contributed by atoms with Crippen LogP contribution in [0, 0.1) is 0 Å². The maximum Gasteiger partial charge on any atom is 0.319 e. The van der Waals surface area contributed by atoms with Gasteiger partial charge in [-0.2, -0.15) is 5.10 Å². The summed E-state index contributed by atoms with van der Waals surface area (Å²) >= 11 is 0. The first kappa shape index (κ1) is 19.1. The van der Waals surface area contributed by atoms with Crippen LogP contribution >= 0.6 is 0 Å². The van der Waals surface area contributed by atoms with Gasteiger partial charge < -0.3 is 24.8 Å². The summed E-state index contributed by atoms with van der Waals surface area (Å²) in [4.78, 5) is 12.3. The Kier molecular flexibility index (Phi) is 6.01. The van der Waals surface area contributed by atoms with Gasteiger partial charge in [0.05, 0.1) is 27.0 Å². The van der Waals surface area contributed by atoms with Crippen molar-refractivity contribution >= 4 is 11.7 Å². The molecule has 0 aliphatic carbocycles. The molecule has 0 unspecified atom stereocenters. The minimum atomic E-state index is -0.338. The van der Waals surface area contributed by atoms with E-state index in [1.165, 1.54) is 7.11 Å². The largest absolute Gasteiger partial charge is 0.493 e. The lowest BCUT2D eigenvalue weighted by molar-refractivity contribution is 0.251. The fourth-order valence-corrected chi connectivity index (χ4v) is 2.80. The summed E-state index contributed by atoms with van der Waals surface area (Å²) < 4.78 is 17.8. The molecule has 2 amide bonds. The zero-order valence-corrected chi connectivity index (χ0v) is 15.9. The van der Waals surface area contributed by atoms with Crippen molar-refractivity contribution in [3.8, 4) is 22.9 Å². The molecule has 3 rings (SSSR count). The molecule has 8 heteroatoms. The van der Waals surface area contributed by atoms with Crippen LogP contribution in [0.5, 0.6) is 17.2 Å². The van der Waals surface area contributed by atoms with Gasteiger partial charge in [0, 0.05) is 30.2 Å². The Labute approximate surface area is 163 Å². The average molecular weight is 382 g/mol. The first-order valence-corrected chi connectivity index (χ1v) is 8.59. The molecule has 1 aromatic heterocycles. The van der Waals surface area contributed by atoms with Crippen LogP contribution in [-0.4, -0.2) is 37.1 Å². The Morgan fingerprint density at radius 1 is 1.04 bits per heavy atom. The summed E-state index contributed by atoms with van der Waals surface area (Å²) in [5.74, 6) is 1.56. The maximum absolute atomic E-state index is 12.3. The molecule has 0 aliphatic rings. The second-order valence-corrected chi connectivity index (χ2v) is 5.80. The van der Waals surface area contributed by atoms with E-state index in [4.69, 9.17) is 14.2 Å². The second-order valence-electron chi connectivity index (χ2n) is 5.80. The van der Waals surface area contributed by atoms with E-state index in [1.807, 2.05) is 42.6 Å². The van der Waals surface area contributed by atoms with Crippen LogP contribution in [0.1, 0.15) is 5.56 Å². The molecule has 0 bridgehead atoms. The van der Waals surface area contributed by atoms with Gasteiger partial charge in [0.15, 0.2) is 11.5 Å². The van der Waals surface area contributed by atoms with Crippen LogP contribution in [0.15, 0.2) is 54.9 Å². The number of rotatable bonds is 7. The van der Waals surface area contributed by atoms with Crippen molar-refractivity contribution in [1.82, 2.24) is 15.1 Å². The number of nitrogens with zero attached hydrogens (tertiary/aromatic N) is 2. The minimum Gasteiger partial charge on any atom is -0.493 e. The molecule has 0 saturated heterocycles. The highest BCUT2D eigenvalue weighted by atomic mass is 16.5. The van der Waals surface area contributed by atoms with Crippen LogP contribution < -0.4 is 24.8 Å². The molecule has 8 nitrogen and oxygen atoms in total. The molecule has 0 spiro atoms. The molecule has 0 aliphatic heterocycles. The number of carbonyl (C=O) groups excluding carboxylic acids is 1. The Balaban J connectivity index is 1.67. The average Bonchev–Trinajstić information content (AvgIpc) is 3.26. The number of aromatic nitrogens is 2. The van der Waals surface area contributed by atoms with Crippen LogP contribution in [0.2, 0.25) is 0 Å². The van der Waals surface area contributed by atoms with Gasteiger partial charge in [0.1, 0.15) is 0 Å². The highest BCUT2D eigenvalue weighted by Gasteiger charge is 2.16. The van der Waals surface area contributed by atoms with Crippen LogP contribution in [0.25, 0.3) is 5.69 Å². The van der Waals surface area contributed by atoms with Crippen molar-refractivity contribution in [2.45, 2.75) is 6.54 Å². The van der Waals surface area contributed by atoms with E-state index in [0.717, 1.165) is 11.3 Å². The molecule has 0 radical (unpaired) electrons.